The molecule has 2 aromatic carbocycles. The topological polar surface area (TPSA) is 119 Å². The SMILES string of the molecule is COc1ccc(OC)c(/C=N\NC(=O)c2nn(-c3cccc(C)c3)c(=O)c(C#N)c2C)c1. The van der Waals surface area contributed by atoms with Crippen LogP contribution < -0.4 is 20.5 Å². The average Bonchev–Trinajstić information content (AvgIpc) is 2.79. The number of carbonyl (C=O) groups excluding carboxylic acids is 1. The minimum absolute atomic E-state index is 0.0857. The first-order valence-electron chi connectivity index (χ1n) is 9.56. The Kier molecular flexibility index (Phi) is 6.65. The van der Waals surface area contributed by atoms with Gasteiger partial charge >= 0.3 is 0 Å². The highest BCUT2D eigenvalue weighted by Crippen LogP contribution is 2.22. The van der Waals surface area contributed by atoms with Crippen molar-refractivity contribution in [2.45, 2.75) is 13.8 Å². The van der Waals surface area contributed by atoms with Crippen molar-refractivity contribution >= 4 is 12.1 Å². The third kappa shape index (κ3) is 4.49. The molecule has 0 spiro atoms. The first kappa shape index (κ1) is 22.2. The predicted octanol–water partition coefficient (Wildman–Crippen LogP) is 2.50. The van der Waals surface area contributed by atoms with Gasteiger partial charge in [-0.15, -0.1) is 0 Å². The van der Waals surface area contributed by atoms with Crippen molar-refractivity contribution in [3.8, 4) is 23.3 Å². The summed E-state index contributed by atoms with van der Waals surface area (Å²) in [7, 11) is 3.05. The molecule has 0 unspecified atom stereocenters. The number of aromatic nitrogens is 2. The van der Waals surface area contributed by atoms with E-state index in [1.165, 1.54) is 27.4 Å². The van der Waals surface area contributed by atoms with Crippen LogP contribution >= 0.6 is 0 Å². The van der Waals surface area contributed by atoms with Crippen LogP contribution in [-0.2, 0) is 0 Å². The molecular weight excluding hydrogens is 410 g/mol. The zero-order valence-electron chi connectivity index (χ0n) is 18.0. The Morgan fingerprint density at radius 3 is 2.62 bits per heavy atom. The van der Waals surface area contributed by atoms with Gasteiger partial charge in [0.1, 0.15) is 23.1 Å². The molecule has 0 saturated heterocycles. The molecule has 32 heavy (non-hydrogen) atoms. The zero-order valence-corrected chi connectivity index (χ0v) is 18.0. The monoisotopic (exact) mass is 431 g/mol. The summed E-state index contributed by atoms with van der Waals surface area (Å²) >= 11 is 0. The van der Waals surface area contributed by atoms with Crippen molar-refractivity contribution in [3.05, 3.63) is 80.8 Å². The second-order valence-corrected chi connectivity index (χ2v) is 6.82. The van der Waals surface area contributed by atoms with Crippen LogP contribution in [0.2, 0.25) is 0 Å². The molecule has 0 aliphatic heterocycles. The minimum Gasteiger partial charge on any atom is -0.497 e. The molecule has 0 atom stereocenters. The highest BCUT2D eigenvalue weighted by Gasteiger charge is 2.20. The first-order chi connectivity index (χ1) is 15.4. The molecule has 0 fully saturated rings. The summed E-state index contributed by atoms with van der Waals surface area (Å²) in [5.41, 5.74) is 3.64. The van der Waals surface area contributed by atoms with Gasteiger partial charge in [-0.2, -0.15) is 20.1 Å². The Bertz CT molecular complexity index is 1300. The number of methoxy groups -OCH3 is 2. The highest BCUT2D eigenvalue weighted by atomic mass is 16.5. The second kappa shape index (κ2) is 9.57. The second-order valence-electron chi connectivity index (χ2n) is 6.82. The van der Waals surface area contributed by atoms with Gasteiger partial charge in [0.15, 0.2) is 5.69 Å². The number of aryl methyl sites for hydroxylation is 1. The van der Waals surface area contributed by atoms with Gasteiger partial charge in [0, 0.05) is 11.1 Å². The molecule has 0 radical (unpaired) electrons. The Morgan fingerprint density at radius 1 is 1.19 bits per heavy atom. The van der Waals surface area contributed by atoms with E-state index in [1.54, 1.807) is 36.4 Å². The van der Waals surface area contributed by atoms with Crippen molar-refractivity contribution in [2.75, 3.05) is 14.2 Å². The summed E-state index contributed by atoms with van der Waals surface area (Å²) < 4.78 is 11.5. The third-order valence-corrected chi connectivity index (χ3v) is 4.72. The Hall–Kier alpha value is -4.45. The van der Waals surface area contributed by atoms with E-state index in [9.17, 15) is 14.9 Å². The van der Waals surface area contributed by atoms with E-state index in [4.69, 9.17) is 9.47 Å². The van der Waals surface area contributed by atoms with Gasteiger partial charge in [-0.25, -0.2) is 5.43 Å². The maximum atomic E-state index is 12.8. The number of nitriles is 1. The zero-order chi connectivity index (χ0) is 23.3. The van der Waals surface area contributed by atoms with E-state index < -0.39 is 11.5 Å². The van der Waals surface area contributed by atoms with Crippen LogP contribution in [-0.4, -0.2) is 36.1 Å². The third-order valence-electron chi connectivity index (χ3n) is 4.72. The molecule has 0 bridgehead atoms. The maximum Gasteiger partial charge on any atom is 0.292 e. The number of hydrazone groups is 1. The number of ether oxygens (including phenoxy) is 2. The van der Waals surface area contributed by atoms with E-state index in [0.29, 0.717) is 22.7 Å². The van der Waals surface area contributed by atoms with Crippen LogP contribution in [0.5, 0.6) is 11.5 Å². The summed E-state index contributed by atoms with van der Waals surface area (Å²) in [6, 6.07) is 14.1. The molecule has 9 heteroatoms. The fourth-order valence-electron chi connectivity index (χ4n) is 3.04. The summed E-state index contributed by atoms with van der Waals surface area (Å²) in [6.07, 6.45) is 1.40. The van der Waals surface area contributed by atoms with Gasteiger partial charge < -0.3 is 9.47 Å². The molecule has 0 saturated carbocycles. The molecular formula is C23H21N5O4. The number of nitrogens with zero attached hydrogens (tertiary/aromatic N) is 4. The number of amides is 1. The standard InChI is InChI=1S/C23H21N5O4/c1-14-6-5-7-17(10-14)28-23(30)19(12-24)15(2)21(27-28)22(29)26-25-13-16-11-18(31-3)8-9-20(16)32-4/h5-11,13H,1-4H3,(H,26,29)/b25-13-. The molecule has 162 valence electrons. The summed E-state index contributed by atoms with van der Waals surface area (Å²) in [4.78, 5) is 25.5. The fraction of sp³-hybridized carbons (Fsp3) is 0.174. The number of hydrogen-bond donors (Lipinski definition) is 1. The van der Waals surface area contributed by atoms with Gasteiger partial charge in [0.25, 0.3) is 11.5 Å². The summed E-state index contributed by atoms with van der Waals surface area (Å²) in [5.74, 6) is 0.469. The van der Waals surface area contributed by atoms with E-state index in [-0.39, 0.29) is 16.8 Å². The van der Waals surface area contributed by atoms with Gasteiger partial charge in [-0.3, -0.25) is 9.59 Å². The lowest BCUT2D eigenvalue weighted by molar-refractivity contribution is 0.0947. The Labute approximate surface area is 184 Å². The number of hydrogen-bond acceptors (Lipinski definition) is 7. The number of carbonyl (C=O) groups is 1. The Morgan fingerprint density at radius 2 is 1.97 bits per heavy atom. The average molecular weight is 431 g/mol. The lowest BCUT2D eigenvalue weighted by atomic mass is 10.1. The lowest BCUT2D eigenvalue weighted by Gasteiger charge is -2.11. The first-order valence-corrected chi connectivity index (χ1v) is 9.56. The van der Waals surface area contributed by atoms with E-state index >= 15 is 0 Å². The van der Waals surface area contributed by atoms with Crippen LogP contribution in [0.25, 0.3) is 5.69 Å². The van der Waals surface area contributed by atoms with Gasteiger partial charge in [-0.1, -0.05) is 12.1 Å². The van der Waals surface area contributed by atoms with Crippen molar-refractivity contribution in [2.24, 2.45) is 5.10 Å². The molecule has 9 nitrogen and oxygen atoms in total. The maximum absolute atomic E-state index is 12.8. The van der Waals surface area contributed by atoms with Gasteiger partial charge in [0.05, 0.1) is 26.1 Å². The number of nitrogens with one attached hydrogen (secondary N) is 1. The molecule has 1 N–H and O–H groups in total. The molecule has 0 aliphatic carbocycles. The lowest BCUT2D eigenvalue weighted by Crippen LogP contribution is -2.31. The van der Waals surface area contributed by atoms with Crippen LogP contribution in [0.4, 0.5) is 0 Å². The fourth-order valence-corrected chi connectivity index (χ4v) is 3.04. The normalized spacial score (nSPS) is 10.6. The van der Waals surface area contributed by atoms with Crippen molar-refractivity contribution in [3.63, 3.8) is 0 Å². The summed E-state index contributed by atoms with van der Waals surface area (Å²) in [5, 5.41) is 17.7. The minimum atomic E-state index is -0.668. The molecule has 0 aliphatic rings. The van der Waals surface area contributed by atoms with Crippen molar-refractivity contribution < 1.29 is 14.3 Å². The van der Waals surface area contributed by atoms with Crippen LogP contribution in [0.1, 0.15) is 32.7 Å². The number of rotatable bonds is 6. The van der Waals surface area contributed by atoms with Crippen molar-refractivity contribution in [1.29, 1.82) is 5.26 Å². The van der Waals surface area contributed by atoms with Crippen molar-refractivity contribution in [1.82, 2.24) is 15.2 Å². The Balaban J connectivity index is 1.97. The van der Waals surface area contributed by atoms with E-state index in [2.05, 4.69) is 15.6 Å². The van der Waals surface area contributed by atoms with Gasteiger partial charge in [-0.05, 0) is 49.7 Å². The molecule has 1 amide bonds. The quantitative estimate of drug-likeness (QED) is 0.473. The molecule has 3 aromatic rings. The predicted molar refractivity (Wildman–Crippen MR) is 119 cm³/mol. The smallest absolute Gasteiger partial charge is 0.292 e. The highest BCUT2D eigenvalue weighted by molar-refractivity contribution is 5.95. The van der Waals surface area contributed by atoms with E-state index in [1.807, 2.05) is 19.1 Å². The number of benzene rings is 2. The largest absolute Gasteiger partial charge is 0.497 e. The van der Waals surface area contributed by atoms with Crippen LogP contribution in [0.15, 0.2) is 52.4 Å². The molecule has 1 aromatic heterocycles. The van der Waals surface area contributed by atoms with Crippen LogP contribution in [0.3, 0.4) is 0 Å². The van der Waals surface area contributed by atoms with E-state index in [0.717, 1.165) is 10.2 Å². The summed E-state index contributed by atoms with van der Waals surface area (Å²) in [6.45, 7) is 3.36. The van der Waals surface area contributed by atoms with Crippen LogP contribution in [0, 0.1) is 25.2 Å². The van der Waals surface area contributed by atoms with Gasteiger partial charge in [0.2, 0.25) is 0 Å². The molecule has 3 rings (SSSR count). The molecule has 1 heterocycles.